The van der Waals surface area contributed by atoms with Crippen LogP contribution in [0.4, 0.5) is 0 Å². The van der Waals surface area contributed by atoms with Crippen molar-refractivity contribution in [3.05, 3.63) is 35.4 Å². The summed E-state index contributed by atoms with van der Waals surface area (Å²) in [4.78, 5) is 7.12. The number of nitrogens with one attached hydrogen (secondary N) is 2. The molecule has 0 bridgehead atoms. The number of hydrogen-bond donors (Lipinski definition) is 2. The number of methoxy groups -OCH3 is 1. The molecular formula is C19H29N5O. The molecule has 6 nitrogen and oxygen atoms in total. The van der Waals surface area contributed by atoms with Crippen LogP contribution < -0.4 is 10.6 Å². The van der Waals surface area contributed by atoms with Gasteiger partial charge in [0.2, 0.25) is 0 Å². The van der Waals surface area contributed by atoms with Crippen LogP contribution in [0.1, 0.15) is 30.9 Å². The van der Waals surface area contributed by atoms with Crippen molar-refractivity contribution >= 4 is 5.96 Å². The molecule has 1 heterocycles. The largest absolute Gasteiger partial charge is 0.383 e. The van der Waals surface area contributed by atoms with Crippen LogP contribution in [-0.2, 0) is 11.3 Å². The molecule has 0 aromatic heterocycles. The molecule has 25 heavy (non-hydrogen) atoms. The summed E-state index contributed by atoms with van der Waals surface area (Å²) in [7, 11) is 1.75. The Hall–Kier alpha value is -2.10. The number of guanidine groups is 1. The highest BCUT2D eigenvalue weighted by molar-refractivity contribution is 5.80. The third-order valence-corrected chi connectivity index (χ3v) is 4.28. The van der Waals surface area contributed by atoms with Gasteiger partial charge in [-0.1, -0.05) is 12.1 Å². The molecule has 6 heteroatoms. The lowest BCUT2D eigenvalue weighted by atomic mass is 10.1. The van der Waals surface area contributed by atoms with Gasteiger partial charge in [-0.25, -0.2) is 4.99 Å². The van der Waals surface area contributed by atoms with Crippen LogP contribution in [0, 0.1) is 11.3 Å². The van der Waals surface area contributed by atoms with E-state index in [0.29, 0.717) is 18.2 Å². The van der Waals surface area contributed by atoms with Crippen LogP contribution in [-0.4, -0.2) is 56.8 Å². The molecule has 1 aliphatic heterocycles. The quantitative estimate of drug-likeness (QED) is 0.583. The number of benzene rings is 1. The third-order valence-electron chi connectivity index (χ3n) is 4.28. The van der Waals surface area contributed by atoms with Gasteiger partial charge in [0, 0.05) is 32.8 Å². The normalized spacial score (nSPS) is 18.6. The van der Waals surface area contributed by atoms with E-state index in [4.69, 9.17) is 10.00 Å². The van der Waals surface area contributed by atoms with Gasteiger partial charge in [-0.3, -0.25) is 4.90 Å². The van der Waals surface area contributed by atoms with Crippen molar-refractivity contribution in [1.29, 1.82) is 5.26 Å². The second-order valence-electron chi connectivity index (χ2n) is 6.28. The van der Waals surface area contributed by atoms with Gasteiger partial charge in [0.1, 0.15) is 0 Å². The first-order valence-corrected chi connectivity index (χ1v) is 9.00. The van der Waals surface area contributed by atoms with E-state index >= 15 is 0 Å². The lowest BCUT2D eigenvalue weighted by molar-refractivity contribution is 0.126. The van der Waals surface area contributed by atoms with Gasteiger partial charge >= 0.3 is 0 Å². The zero-order chi connectivity index (χ0) is 17.9. The van der Waals surface area contributed by atoms with Gasteiger partial charge < -0.3 is 15.4 Å². The van der Waals surface area contributed by atoms with Gasteiger partial charge in [-0.2, -0.15) is 5.26 Å². The molecule has 0 unspecified atom stereocenters. The summed E-state index contributed by atoms with van der Waals surface area (Å²) in [5.41, 5.74) is 1.72. The standard InChI is InChI=1S/C19H29N5O/c1-3-21-19(22-14-17-7-4-6-16(12-17)13-20)23-18-8-5-9-24(15-18)10-11-25-2/h4,6-7,12,18H,3,5,8-11,14-15H2,1-2H3,(H2,21,22,23)/t18-/m0/s1. The van der Waals surface area contributed by atoms with Crippen molar-refractivity contribution < 1.29 is 4.74 Å². The van der Waals surface area contributed by atoms with Gasteiger partial charge in [0.25, 0.3) is 0 Å². The van der Waals surface area contributed by atoms with Crippen molar-refractivity contribution in [2.24, 2.45) is 4.99 Å². The summed E-state index contributed by atoms with van der Waals surface area (Å²) >= 11 is 0. The fourth-order valence-corrected chi connectivity index (χ4v) is 3.02. The monoisotopic (exact) mass is 343 g/mol. The van der Waals surface area contributed by atoms with Gasteiger partial charge in [-0.05, 0) is 44.0 Å². The van der Waals surface area contributed by atoms with Crippen molar-refractivity contribution in [3.63, 3.8) is 0 Å². The molecule has 136 valence electrons. The molecule has 0 aliphatic carbocycles. The van der Waals surface area contributed by atoms with Crippen LogP contribution in [0.15, 0.2) is 29.3 Å². The van der Waals surface area contributed by atoms with Crippen LogP contribution in [0.25, 0.3) is 0 Å². The summed E-state index contributed by atoms with van der Waals surface area (Å²) < 4.78 is 5.18. The fourth-order valence-electron chi connectivity index (χ4n) is 3.02. The van der Waals surface area contributed by atoms with E-state index in [9.17, 15) is 0 Å². The second kappa shape index (κ2) is 10.7. The molecule has 1 aromatic rings. The third kappa shape index (κ3) is 6.73. The molecule has 0 radical (unpaired) electrons. The lowest BCUT2D eigenvalue weighted by Gasteiger charge is -2.33. The van der Waals surface area contributed by atoms with Crippen molar-refractivity contribution in [2.45, 2.75) is 32.4 Å². The average molecular weight is 343 g/mol. The van der Waals surface area contributed by atoms with Crippen molar-refractivity contribution in [1.82, 2.24) is 15.5 Å². The number of nitrogens with zero attached hydrogens (tertiary/aromatic N) is 3. The first kappa shape index (κ1) is 19.2. The highest BCUT2D eigenvalue weighted by Crippen LogP contribution is 2.10. The van der Waals surface area contributed by atoms with Gasteiger partial charge in [-0.15, -0.1) is 0 Å². The van der Waals surface area contributed by atoms with Crippen LogP contribution in [0.2, 0.25) is 0 Å². The number of rotatable bonds is 7. The second-order valence-corrected chi connectivity index (χ2v) is 6.28. The van der Waals surface area contributed by atoms with Crippen LogP contribution in [0.5, 0.6) is 0 Å². The smallest absolute Gasteiger partial charge is 0.191 e. The Kier molecular flexibility index (Phi) is 8.23. The Morgan fingerprint density at radius 3 is 3.12 bits per heavy atom. The minimum atomic E-state index is 0.397. The van der Waals surface area contributed by atoms with E-state index < -0.39 is 0 Å². The molecule has 0 saturated carbocycles. The maximum absolute atomic E-state index is 9.00. The fraction of sp³-hybridized carbons (Fsp3) is 0.579. The molecule has 2 N–H and O–H groups in total. The maximum atomic E-state index is 9.00. The minimum absolute atomic E-state index is 0.397. The Labute approximate surface area is 150 Å². The molecule has 1 aromatic carbocycles. The number of nitriles is 1. The van der Waals surface area contributed by atoms with E-state index in [0.717, 1.165) is 50.7 Å². The molecular weight excluding hydrogens is 314 g/mol. The van der Waals surface area contributed by atoms with E-state index in [2.05, 4.69) is 33.5 Å². The number of ether oxygens (including phenoxy) is 1. The Balaban J connectivity index is 1.93. The molecule has 1 fully saturated rings. The minimum Gasteiger partial charge on any atom is -0.383 e. The summed E-state index contributed by atoms with van der Waals surface area (Å²) in [6.45, 7) is 7.35. The first-order valence-electron chi connectivity index (χ1n) is 9.00. The molecule has 0 amide bonds. The zero-order valence-electron chi connectivity index (χ0n) is 15.3. The van der Waals surface area contributed by atoms with E-state index in [1.807, 2.05) is 24.3 Å². The molecule has 0 spiro atoms. The van der Waals surface area contributed by atoms with Crippen LogP contribution >= 0.6 is 0 Å². The van der Waals surface area contributed by atoms with Crippen molar-refractivity contribution in [3.8, 4) is 6.07 Å². The summed E-state index contributed by atoms with van der Waals surface area (Å²) in [5, 5.41) is 15.9. The molecule has 2 rings (SSSR count). The Morgan fingerprint density at radius 1 is 1.48 bits per heavy atom. The highest BCUT2D eigenvalue weighted by atomic mass is 16.5. The predicted octanol–water partition coefficient (Wildman–Crippen LogP) is 1.72. The van der Waals surface area contributed by atoms with Gasteiger partial charge in [0.05, 0.1) is 24.8 Å². The molecule has 1 saturated heterocycles. The van der Waals surface area contributed by atoms with Crippen molar-refractivity contribution in [2.75, 3.05) is 39.9 Å². The van der Waals surface area contributed by atoms with E-state index in [1.165, 1.54) is 6.42 Å². The topological polar surface area (TPSA) is 72.7 Å². The lowest BCUT2D eigenvalue weighted by Crippen LogP contribution is -2.51. The summed E-state index contributed by atoms with van der Waals surface area (Å²) in [5.74, 6) is 0.837. The summed E-state index contributed by atoms with van der Waals surface area (Å²) in [6.07, 6.45) is 2.34. The zero-order valence-corrected chi connectivity index (χ0v) is 15.3. The first-order chi connectivity index (χ1) is 12.2. The highest BCUT2D eigenvalue weighted by Gasteiger charge is 2.20. The number of likely N-dealkylation sites (tertiary alicyclic amines) is 1. The Morgan fingerprint density at radius 2 is 2.36 bits per heavy atom. The molecule has 1 atom stereocenters. The Bertz CT molecular complexity index is 596. The van der Waals surface area contributed by atoms with Gasteiger partial charge in [0.15, 0.2) is 5.96 Å². The SMILES string of the molecule is CCNC(=NCc1cccc(C#N)c1)N[C@H]1CCCN(CCOC)C1. The van der Waals surface area contributed by atoms with Crippen LogP contribution in [0.3, 0.4) is 0 Å². The van der Waals surface area contributed by atoms with E-state index in [1.54, 1.807) is 7.11 Å². The summed E-state index contributed by atoms with van der Waals surface area (Å²) in [6, 6.07) is 10.2. The predicted molar refractivity (Wildman–Crippen MR) is 100 cm³/mol. The van der Waals surface area contributed by atoms with E-state index in [-0.39, 0.29) is 0 Å². The number of aliphatic imine (C=N–C) groups is 1. The number of piperidine rings is 1. The number of hydrogen-bond acceptors (Lipinski definition) is 4. The average Bonchev–Trinajstić information content (AvgIpc) is 2.65. The molecule has 1 aliphatic rings. The maximum Gasteiger partial charge on any atom is 0.191 e.